The molecule has 1 aliphatic heterocycles. The Morgan fingerprint density at radius 1 is 1.07 bits per heavy atom. The van der Waals surface area contributed by atoms with Gasteiger partial charge in [0.1, 0.15) is 5.82 Å². The molecule has 1 heterocycles. The van der Waals surface area contributed by atoms with Gasteiger partial charge >= 0.3 is 0 Å². The fourth-order valence-corrected chi connectivity index (χ4v) is 3.24. The van der Waals surface area contributed by atoms with E-state index < -0.39 is 0 Å². The summed E-state index contributed by atoms with van der Waals surface area (Å²) in [6, 6.07) is 15.1. The summed E-state index contributed by atoms with van der Waals surface area (Å²) in [6.45, 7) is 7.30. The van der Waals surface area contributed by atoms with E-state index in [4.69, 9.17) is 5.73 Å². The Hall–Kier alpha value is -1.87. The van der Waals surface area contributed by atoms with Crippen LogP contribution in [0, 0.1) is 12.7 Å². The lowest BCUT2D eigenvalue weighted by molar-refractivity contribution is 0.256. The fourth-order valence-electron chi connectivity index (χ4n) is 3.24. The van der Waals surface area contributed by atoms with Gasteiger partial charge in [-0.15, -0.1) is 24.0 Å². The Morgan fingerprint density at radius 2 is 1.75 bits per heavy atom. The van der Waals surface area contributed by atoms with E-state index in [2.05, 4.69) is 27.0 Å². The second-order valence-corrected chi connectivity index (χ2v) is 6.89. The molecular weight excluding hydrogens is 468 g/mol. The summed E-state index contributed by atoms with van der Waals surface area (Å²) < 4.78 is 13.9. The van der Waals surface area contributed by atoms with E-state index in [-0.39, 0.29) is 29.8 Å². The SMILES string of the molecule is Cc1ccc(NC(N)=NCCCN2CCN(c3ccccc3F)CC2)cc1.I. The van der Waals surface area contributed by atoms with Gasteiger partial charge in [0.2, 0.25) is 0 Å². The minimum atomic E-state index is -0.142. The van der Waals surface area contributed by atoms with E-state index in [1.54, 1.807) is 6.07 Å². The molecule has 1 saturated heterocycles. The van der Waals surface area contributed by atoms with Crippen molar-refractivity contribution in [2.75, 3.05) is 49.5 Å². The Balaban J connectivity index is 0.00000280. The number of guanidine groups is 1. The van der Waals surface area contributed by atoms with Crippen molar-refractivity contribution in [1.29, 1.82) is 0 Å². The largest absolute Gasteiger partial charge is 0.370 e. The van der Waals surface area contributed by atoms with Crippen molar-refractivity contribution in [3.05, 3.63) is 59.9 Å². The van der Waals surface area contributed by atoms with Crippen molar-refractivity contribution in [3.63, 3.8) is 0 Å². The first-order valence-corrected chi connectivity index (χ1v) is 9.47. The van der Waals surface area contributed by atoms with Crippen LogP contribution >= 0.6 is 24.0 Å². The molecule has 1 aliphatic rings. The quantitative estimate of drug-likeness (QED) is 0.277. The number of para-hydroxylation sites is 1. The average molecular weight is 497 g/mol. The van der Waals surface area contributed by atoms with E-state index in [1.807, 2.05) is 36.4 Å². The van der Waals surface area contributed by atoms with Gasteiger partial charge in [0.05, 0.1) is 5.69 Å². The molecule has 0 aliphatic carbocycles. The van der Waals surface area contributed by atoms with Gasteiger partial charge in [-0.3, -0.25) is 9.89 Å². The van der Waals surface area contributed by atoms with Gasteiger partial charge in [0.25, 0.3) is 0 Å². The normalized spacial score (nSPS) is 15.2. The molecule has 0 bridgehead atoms. The van der Waals surface area contributed by atoms with Crippen LogP contribution in [0.2, 0.25) is 0 Å². The topological polar surface area (TPSA) is 56.9 Å². The zero-order chi connectivity index (χ0) is 19.1. The number of nitrogens with one attached hydrogen (secondary N) is 1. The first-order valence-electron chi connectivity index (χ1n) is 9.47. The van der Waals surface area contributed by atoms with E-state index >= 15 is 0 Å². The summed E-state index contributed by atoms with van der Waals surface area (Å²) in [5.41, 5.74) is 8.81. The van der Waals surface area contributed by atoms with Gasteiger partial charge in [-0.25, -0.2) is 4.39 Å². The molecule has 0 radical (unpaired) electrons. The summed E-state index contributed by atoms with van der Waals surface area (Å²) in [5, 5.41) is 3.11. The van der Waals surface area contributed by atoms with Crippen molar-refractivity contribution < 1.29 is 4.39 Å². The Bertz CT molecular complexity index is 758. The molecule has 2 aromatic carbocycles. The van der Waals surface area contributed by atoms with Gasteiger partial charge in [-0.05, 0) is 37.6 Å². The molecule has 1 fully saturated rings. The number of halogens is 2. The number of anilines is 2. The molecule has 3 N–H and O–H groups in total. The van der Waals surface area contributed by atoms with E-state index in [9.17, 15) is 4.39 Å². The van der Waals surface area contributed by atoms with Gasteiger partial charge in [0.15, 0.2) is 5.96 Å². The first-order chi connectivity index (χ1) is 13.1. The standard InChI is InChI=1S/C21H28FN5.HI/c1-17-7-9-18(10-8-17)25-21(23)24-11-4-12-26-13-15-27(16-14-26)20-6-3-2-5-19(20)22;/h2-3,5-10H,4,11-16H2,1H3,(H3,23,24,25);1H. The predicted octanol–water partition coefficient (Wildman–Crippen LogP) is 3.69. The summed E-state index contributed by atoms with van der Waals surface area (Å²) in [5.74, 6) is 0.306. The number of piperazine rings is 1. The molecule has 28 heavy (non-hydrogen) atoms. The molecule has 3 rings (SSSR count). The van der Waals surface area contributed by atoms with Gasteiger partial charge in [-0.2, -0.15) is 0 Å². The lowest BCUT2D eigenvalue weighted by Gasteiger charge is -2.36. The number of nitrogens with zero attached hydrogens (tertiary/aromatic N) is 3. The van der Waals surface area contributed by atoms with Crippen molar-refractivity contribution in [2.24, 2.45) is 10.7 Å². The van der Waals surface area contributed by atoms with Crippen LogP contribution in [0.1, 0.15) is 12.0 Å². The minimum Gasteiger partial charge on any atom is -0.370 e. The van der Waals surface area contributed by atoms with E-state index in [0.29, 0.717) is 18.2 Å². The maximum absolute atomic E-state index is 13.9. The number of hydrogen-bond donors (Lipinski definition) is 2. The third kappa shape index (κ3) is 6.63. The molecule has 0 amide bonds. The van der Waals surface area contributed by atoms with Gasteiger partial charge in [-0.1, -0.05) is 29.8 Å². The number of hydrogen-bond acceptors (Lipinski definition) is 3. The molecule has 0 atom stereocenters. The summed E-state index contributed by atoms with van der Waals surface area (Å²) >= 11 is 0. The zero-order valence-electron chi connectivity index (χ0n) is 16.3. The maximum atomic E-state index is 13.9. The summed E-state index contributed by atoms with van der Waals surface area (Å²) in [4.78, 5) is 8.91. The molecule has 0 spiro atoms. The van der Waals surface area contributed by atoms with Crippen LogP contribution < -0.4 is 16.0 Å². The second kappa shape index (κ2) is 11.2. The third-order valence-electron chi connectivity index (χ3n) is 4.80. The van der Waals surface area contributed by atoms with Crippen LogP contribution in [0.5, 0.6) is 0 Å². The molecule has 0 unspecified atom stereocenters. The van der Waals surface area contributed by atoms with Gasteiger partial charge < -0.3 is 16.0 Å². The average Bonchev–Trinajstić information content (AvgIpc) is 2.68. The number of rotatable bonds is 6. The molecule has 0 aromatic heterocycles. The maximum Gasteiger partial charge on any atom is 0.193 e. The van der Waals surface area contributed by atoms with Crippen molar-refractivity contribution >= 4 is 41.3 Å². The fraction of sp³-hybridized carbons (Fsp3) is 0.381. The van der Waals surface area contributed by atoms with Gasteiger partial charge in [0, 0.05) is 45.0 Å². The minimum absolute atomic E-state index is 0. The highest BCUT2D eigenvalue weighted by atomic mass is 127. The smallest absolute Gasteiger partial charge is 0.193 e. The van der Waals surface area contributed by atoms with Crippen molar-refractivity contribution in [2.45, 2.75) is 13.3 Å². The number of benzene rings is 2. The molecule has 2 aromatic rings. The molecular formula is C21H29FIN5. The van der Waals surface area contributed by atoms with Crippen LogP contribution in [0.4, 0.5) is 15.8 Å². The number of aliphatic imine (C=N–C) groups is 1. The van der Waals surface area contributed by atoms with Crippen LogP contribution in [0.15, 0.2) is 53.5 Å². The summed E-state index contributed by atoms with van der Waals surface area (Å²) in [6.07, 6.45) is 0.954. The lowest BCUT2D eigenvalue weighted by Crippen LogP contribution is -2.47. The van der Waals surface area contributed by atoms with Crippen LogP contribution in [0.25, 0.3) is 0 Å². The number of nitrogens with two attached hydrogens (primary N) is 1. The molecule has 0 saturated carbocycles. The van der Waals surface area contributed by atoms with E-state index in [0.717, 1.165) is 44.8 Å². The van der Waals surface area contributed by atoms with Crippen LogP contribution in [0.3, 0.4) is 0 Å². The van der Waals surface area contributed by atoms with Crippen molar-refractivity contribution in [3.8, 4) is 0 Å². The van der Waals surface area contributed by atoms with Crippen molar-refractivity contribution in [1.82, 2.24) is 4.90 Å². The zero-order valence-corrected chi connectivity index (χ0v) is 18.6. The third-order valence-corrected chi connectivity index (χ3v) is 4.80. The van der Waals surface area contributed by atoms with Crippen LogP contribution in [-0.4, -0.2) is 50.1 Å². The molecule has 152 valence electrons. The summed E-state index contributed by atoms with van der Waals surface area (Å²) in [7, 11) is 0. The Morgan fingerprint density at radius 3 is 2.43 bits per heavy atom. The first kappa shape index (κ1) is 22.4. The van der Waals surface area contributed by atoms with Crippen LogP contribution in [-0.2, 0) is 0 Å². The Labute approximate surface area is 183 Å². The Kier molecular flexibility index (Phi) is 8.98. The highest BCUT2D eigenvalue weighted by Crippen LogP contribution is 2.20. The molecule has 7 heteroatoms. The lowest BCUT2D eigenvalue weighted by atomic mass is 10.2. The highest BCUT2D eigenvalue weighted by Gasteiger charge is 2.18. The predicted molar refractivity (Wildman–Crippen MR) is 126 cm³/mol. The monoisotopic (exact) mass is 497 g/mol. The number of aryl methyl sites for hydroxylation is 1. The van der Waals surface area contributed by atoms with E-state index in [1.165, 1.54) is 11.6 Å². The highest BCUT2D eigenvalue weighted by molar-refractivity contribution is 14.0. The second-order valence-electron chi connectivity index (χ2n) is 6.89. The molecule has 5 nitrogen and oxygen atoms in total.